The first-order valence-corrected chi connectivity index (χ1v) is 9.98. The molecule has 4 aromatic rings. The van der Waals surface area contributed by atoms with Crippen molar-refractivity contribution in [3.8, 4) is 11.3 Å². The van der Waals surface area contributed by atoms with Gasteiger partial charge in [0.1, 0.15) is 23.6 Å². The minimum Gasteiger partial charge on any atom is -0.451 e. The summed E-state index contributed by atoms with van der Waals surface area (Å²) in [6.45, 7) is 4.66. The van der Waals surface area contributed by atoms with E-state index in [2.05, 4.69) is 39.8 Å². The molecule has 0 spiro atoms. The van der Waals surface area contributed by atoms with Crippen LogP contribution in [0.3, 0.4) is 0 Å². The maximum Gasteiger partial charge on any atom is 0.181 e. The molecule has 1 aliphatic rings. The third kappa shape index (κ3) is 3.12. The number of rotatable bonds is 4. The normalized spacial score (nSPS) is 13.0. The van der Waals surface area contributed by atoms with Gasteiger partial charge in [-0.1, -0.05) is 12.1 Å². The number of aliphatic imine (C=N–C) groups is 1. The summed E-state index contributed by atoms with van der Waals surface area (Å²) >= 11 is 0. The highest BCUT2D eigenvalue weighted by Crippen LogP contribution is 2.27. The third-order valence-corrected chi connectivity index (χ3v) is 5.57. The zero-order chi connectivity index (χ0) is 20.7. The average molecular weight is 398 g/mol. The molecular formula is C23H22N6O. The lowest BCUT2D eigenvalue weighted by Gasteiger charge is -2.09. The molecule has 0 aliphatic carbocycles. The molecule has 150 valence electrons. The number of aryl methyl sites for hydroxylation is 5. The van der Waals surface area contributed by atoms with E-state index < -0.39 is 0 Å². The van der Waals surface area contributed by atoms with Crippen LogP contribution in [0.4, 0.5) is 0 Å². The Kier molecular flexibility index (Phi) is 4.50. The van der Waals surface area contributed by atoms with Crippen LogP contribution in [-0.2, 0) is 26.4 Å². The highest BCUT2D eigenvalue weighted by molar-refractivity contribution is 5.91. The quantitative estimate of drug-likeness (QED) is 0.519. The van der Waals surface area contributed by atoms with Crippen molar-refractivity contribution in [1.29, 1.82) is 0 Å². The molecule has 1 aliphatic heterocycles. The zero-order valence-corrected chi connectivity index (χ0v) is 17.3. The fourth-order valence-electron chi connectivity index (χ4n) is 4.10. The molecule has 0 bridgehead atoms. The van der Waals surface area contributed by atoms with Gasteiger partial charge in [-0.05, 0) is 31.6 Å². The predicted molar refractivity (Wildman–Crippen MR) is 116 cm³/mol. The van der Waals surface area contributed by atoms with Crippen LogP contribution in [0, 0.1) is 13.8 Å². The Morgan fingerprint density at radius 3 is 2.67 bits per heavy atom. The number of hydrogen-bond donors (Lipinski definition) is 0. The molecule has 0 radical (unpaired) electrons. The van der Waals surface area contributed by atoms with E-state index >= 15 is 0 Å². The molecule has 30 heavy (non-hydrogen) atoms. The van der Waals surface area contributed by atoms with Crippen LogP contribution in [-0.4, -0.2) is 30.7 Å². The van der Waals surface area contributed by atoms with Crippen molar-refractivity contribution in [2.75, 3.05) is 0 Å². The van der Waals surface area contributed by atoms with Crippen molar-refractivity contribution in [1.82, 2.24) is 24.5 Å². The molecule has 0 atom stereocenters. The minimum absolute atomic E-state index is 0.689. The van der Waals surface area contributed by atoms with Crippen LogP contribution in [0.25, 0.3) is 28.4 Å². The summed E-state index contributed by atoms with van der Waals surface area (Å²) in [6, 6.07) is 4.28. The maximum atomic E-state index is 5.11. The zero-order valence-electron chi connectivity index (χ0n) is 17.3. The van der Waals surface area contributed by atoms with Crippen molar-refractivity contribution in [2.24, 2.45) is 12.0 Å². The van der Waals surface area contributed by atoms with E-state index in [4.69, 9.17) is 19.4 Å². The van der Waals surface area contributed by atoms with Crippen molar-refractivity contribution in [3.63, 3.8) is 0 Å². The lowest BCUT2D eigenvalue weighted by molar-refractivity contribution is 0.558. The molecule has 7 heteroatoms. The van der Waals surface area contributed by atoms with Gasteiger partial charge in [0.05, 0.1) is 29.0 Å². The molecule has 0 unspecified atom stereocenters. The SMILES string of the molecule is Cc1nc(CCc2nc3c4c(ccc3n2C)CN=CC=C4)nc(C)c1-c1cocn1. The molecule has 1 aromatic carbocycles. The number of aromatic nitrogens is 5. The van der Waals surface area contributed by atoms with E-state index in [1.54, 1.807) is 6.26 Å². The Morgan fingerprint density at radius 1 is 1.07 bits per heavy atom. The summed E-state index contributed by atoms with van der Waals surface area (Å²) in [5, 5.41) is 0. The Bertz CT molecular complexity index is 1270. The summed E-state index contributed by atoms with van der Waals surface area (Å²) in [4.78, 5) is 23.0. The van der Waals surface area contributed by atoms with Crippen LogP contribution in [0.15, 0.2) is 40.3 Å². The Balaban J connectivity index is 1.44. The molecular weight excluding hydrogens is 376 g/mol. The van der Waals surface area contributed by atoms with Crippen LogP contribution in [0.2, 0.25) is 0 Å². The second-order valence-electron chi connectivity index (χ2n) is 7.50. The molecule has 3 aromatic heterocycles. The van der Waals surface area contributed by atoms with E-state index in [0.717, 1.165) is 63.7 Å². The molecule has 0 amide bonds. The molecule has 0 saturated heterocycles. The molecule has 0 N–H and O–H groups in total. The van der Waals surface area contributed by atoms with Crippen LogP contribution < -0.4 is 0 Å². The highest BCUT2D eigenvalue weighted by atomic mass is 16.3. The first-order valence-electron chi connectivity index (χ1n) is 9.98. The van der Waals surface area contributed by atoms with Crippen LogP contribution >= 0.6 is 0 Å². The van der Waals surface area contributed by atoms with Crippen LogP contribution in [0.1, 0.15) is 34.2 Å². The highest BCUT2D eigenvalue weighted by Gasteiger charge is 2.16. The summed E-state index contributed by atoms with van der Waals surface area (Å²) < 4.78 is 7.28. The van der Waals surface area contributed by atoms with Crippen molar-refractivity contribution >= 4 is 23.3 Å². The summed E-state index contributed by atoms with van der Waals surface area (Å²) in [6.07, 6.45) is 10.5. The van der Waals surface area contributed by atoms with Gasteiger partial charge in [-0.15, -0.1) is 0 Å². The van der Waals surface area contributed by atoms with Gasteiger partial charge in [0, 0.05) is 37.2 Å². The second kappa shape index (κ2) is 7.33. The number of imidazole rings is 1. The number of hydrogen-bond acceptors (Lipinski definition) is 6. The molecule has 7 nitrogen and oxygen atoms in total. The first kappa shape index (κ1) is 18.4. The topological polar surface area (TPSA) is 82.0 Å². The van der Waals surface area contributed by atoms with Crippen molar-refractivity contribution in [3.05, 3.63) is 65.0 Å². The van der Waals surface area contributed by atoms with E-state index in [1.165, 1.54) is 12.0 Å². The number of benzene rings is 1. The average Bonchev–Trinajstić information content (AvgIpc) is 3.28. The molecule has 4 heterocycles. The fraction of sp³-hybridized carbons (Fsp3) is 0.261. The predicted octanol–water partition coefficient (Wildman–Crippen LogP) is 4.02. The van der Waals surface area contributed by atoms with E-state index in [0.29, 0.717) is 6.54 Å². The summed E-state index contributed by atoms with van der Waals surface area (Å²) in [5.74, 6) is 1.84. The largest absolute Gasteiger partial charge is 0.451 e. The van der Waals surface area contributed by atoms with Crippen LogP contribution in [0.5, 0.6) is 0 Å². The molecule has 0 saturated carbocycles. The number of allylic oxidation sites excluding steroid dienone is 1. The third-order valence-electron chi connectivity index (χ3n) is 5.57. The van der Waals surface area contributed by atoms with Crippen molar-refractivity contribution < 1.29 is 4.42 Å². The van der Waals surface area contributed by atoms with Gasteiger partial charge >= 0.3 is 0 Å². The van der Waals surface area contributed by atoms with Gasteiger partial charge in [-0.25, -0.2) is 19.9 Å². The smallest absolute Gasteiger partial charge is 0.181 e. The van der Waals surface area contributed by atoms with E-state index in [1.807, 2.05) is 26.1 Å². The Hall–Kier alpha value is -3.61. The number of nitrogens with zero attached hydrogens (tertiary/aromatic N) is 6. The molecule has 5 rings (SSSR count). The van der Waals surface area contributed by atoms with Gasteiger partial charge < -0.3 is 8.98 Å². The van der Waals surface area contributed by atoms with Gasteiger partial charge in [0.15, 0.2) is 6.39 Å². The van der Waals surface area contributed by atoms with Crippen molar-refractivity contribution in [2.45, 2.75) is 33.2 Å². The number of fused-ring (bicyclic) bond motifs is 3. The standard InChI is InChI=1S/C23H22N6O/c1-14-22(18-12-30-13-25-18)15(2)27-20(26-14)8-9-21-28-23-17-5-4-10-24-11-16(17)6-7-19(23)29(21)3/h4-7,10,12-13H,8-9,11H2,1-3H3. The van der Waals surface area contributed by atoms with Gasteiger partial charge in [-0.3, -0.25) is 4.99 Å². The fourth-order valence-corrected chi connectivity index (χ4v) is 4.10. The summed E-state index contributed by atoms with van der Waals surface area (Å²) in [7, 11) is 2.07. The lowest BCUT2D eigenvalue weighted by atomic mass is 10.1. The Morgan fingerprint density at radius 2 is 1.90 bits per heavy atom. The van der Waals surface area contributed by atoms with E-state index in [9.17, 15) is 0 Å². The second-order valence-corrected chi connectivity index (χ2v) is 7.50. The Labute approximate surface area is 174 Å². The van der Waals surface area contributed by atoms with Gasteiger partial charge in [-0.2, -0.15) is 0 Å². The minimum atomic E-state index is 0.689. The monoisotopic (exact) mass is 398 g/mol. The van der Waals surface area contributed by atoms with Gasteiger partial charge in [0.25, 0.3) is 0 Å². The summed E-state index contributed by atoms with van der Waals surface area (Å²) in [5.41, 5.74) is 8.04. The maximum absolute atomic E-state index is 5.11. The lowest BCUT2D eigenvalue weighted by Crippen LogP contribution is -2.06. The van der Waals surface area contributed by atoms with E-state index in [-0.39, 0.29) is 0 Å². The molecule has 0 fully saturated rings. The first-order chi connectivity index (χ1) is 14.6. The van der Waals surface area contributed by atoms with Gasteiger partial charge in [0.2, 0.25) is 0 Å². The number of oxazole rings is 1.